The molecular weight excluding hydrogens is 412 g/mol. The zero-order valence-corrected chi connectivity index (χ0v) is 19.3. The fraction of sp³-hybridized carbons (Fsp3) is 0.577. The quantitative estimate of drug-likeness (QED) is 0.607. The molecule has 3 aromatic heterocycles. The molecule has 7 heteroatoms. The Bertz CT molecular complexity index is 1120. The first kappa shape index (κ1) is 21.1. The van der Waals surface area contributed by atoms with E-state index in [1.165, 1.54) is 56.3 Å². The van der Waals surface area contributed by atoms with Gasteiger partial charge in [-0.05, 0) is 81.1 Å². The Balaban J connectivity index is 1.26. The minimum absolute atomic E-state index is 0.192. The van der Waals surface area contributed by atoms with Gasteiger partial charge in [0.1, 0.15) is 0 Å². The first-order valence-electron chi connectivity index (χ1n) is 12.7. The molecule has 0 aliphatic carbocycles. The maximum Gasteiger partial charge on any atom is 0.210 e. The lowest BCUT2D eigenvalue weighted by molar-refractivity contribution is -0.128. The van der Waals surface area contributed by atoms with Crippen molar-refractivity contribution in [2.24, 2.45) is 5.92 Å². The van der Waals surface area contributed by atoms with Crippen LogP contribution in [0.15, 0.2) is 30.7 Å². The number of likely N-dealkylation sites (tertiary alicyclic amines) is 3. The van der Waals surface area contributed by atoms with Crippen molar-refractivity contribution in [2.75, 3.05) is 39.3 Å². The van der Waals surface area contributed by atoms with E-state index >= 15 is 0 Å². The van der Waals surface area contributed by atoms with Crippen molar-refractivity contribution in [3.63, 3.8) is 0 Å². The van der Waals surface area contributed by atoms with Crippen LogP contribution in [-0.2, 0) is 4.79 Å². The van der Waals surface area contributed by atoms with Crippen molar-refractivity contribution in [3.05, 3.63) is 36.3 Å². The summed E-state index contributed by atoms with van der Waals surface area (Å²) in [6.07, 6.45) is 14.3. The number of fused-ring (bicyclic) bond motifs is 3. The van der Waals surface area contributed by atoms with E-state index in [1.807, 2.05) is 18.6 Å². The smallest absolute Gasteiger partial charge is 0.210 e. The normalized spacial score (nSPS) is 27.5. The van der Waals surface area contributed by atoms with Crippen LogP contribution in [0.2, 0.25) is 0 Å². The molecule has 7 nitrogen and oxygen atoms in total. The number of carbonyl (C=O) groups excluding carboxylic acids is 1. The van der Waals surface area contributed by atoms with E-state index in [0.29, 0.717) is 5.92 Å². The van der Waals surface area contributed by atoms with Gasteiger partial charge >= 0.3 is 0 Å². The van der Waals surface area contributed by atoms with Gasteiger partial charge in [-0.2, -0.15) is 0 Å². The number of carbonyl (C=O) groups is 1. The number of nitrogens with one attached hydrogen (secondary N) is 1. The first-order chi connectivity index (χ1) is 16.3. The Morgan fingerprint density at radius 3 is 2.85 bits per heavy atom. The van der Waals surface area contributed by atoms with E-state index in [2.05, 4.69) is 41.8 Å². The van der Waals surface area contributed by atoms with Gasteiger partial charge in [-0.3, -0.25) is 9.69 Å². The molecule has 0 aromatic carbocycles. The minimum Gasteiger partial charge on any atom is -0.360 e. The topological polar surface area (TPSA) is 68.4 Å². The molecule has 3 aliphatic heterocycles. The van der Waals surface area contributed by atoms with E-state index in [-0.39, 0.29) is 6.17 Å². The molecule has 0 saturated carbocycles. The Labute approximate surface area is 195 Å². The predicted octanol–water partition coefficient (Wildman–Crippen LogP) is 3.58. The van der Waals surface area contributed by atoms with Crippen molar-refractivity contribution < 1.29 is 4.79 Å². The van der Waals surface area contributed by atoms with Crippen LogP contribution in [0.3, 0.4) is 0 Å². The van der Waals surface area contributed by atoms with Crippen LogP contribution in [0.25, 0.3) is 21.9 Å². The molecule has 3 aromatic rings. The van der Waals surface area contributed by atoms with Crippen LogP contribution in [0.5, 0.6) is 0 Å². The van der Waals surface area contributed by atoms with Gasteiger partial charge in [-0.15, -0.1) is 0 Å². The van der Waals surface area contributed by atoms with E-state index in [9.17, 15) is 4.79 Å². The highest BCUT2D eigenvalue weighted by atomic mass is 16.1. The number of H-pyrrole nitrogens is 1. The molecule has 0 radical (unpaired) electrons. The van der Waals surface area contributed by atoms with E-state index in [1.54, 1.807) is 0 Å². The number of aromatic amines is 1. The van der Waals surface area contributed by atoms with E-state index in [0.717, 1.165) is 61.4 Å². The van der Waals surface area contributed by atoms with Crippen LogP contribution in [0.4, 0.5) is 0 Å². The van der Waals surface area contributed by atoms with Gasteiger partial charge in [0, 0.05) is 49.3 Å². The number of rotatable bonds is 5. The number of pyridine rings is 2. The number of aromatic nitrogens is 3. The van der Waals surface area contributed by atoms with Gasteiger partial charge in [0.15, 0.2) is 5.65 Å². The van der Waals surface area contributed by atoms with Crippen LogP contribution in [0, 0.1) is 5.92 Å². The zero-order chi connectivity index (χ0) is 22.2. The second-order valence-corrected chi connectivity index (χ2v) is 10.2. The highest BCUT2D eigenvalue weighted by Crippen LogP contribution is 2.38. The van der Waals surface area contributed by atoms with Crippen molar-refractivity contribution in [1.29, 1.82) is 0 Å². The summed E-state index contributed by atoms with van der Waals surface area (Å²) in [4.78, 5) is 31.7. The first-order valence-corrected chi connectivity index (χ1v) is 12.7. The van der Waals surface area contributed by atoms with Crippen molar-refractivity contribution >= 4 is 28.3 Å². The summed E-state index contributed by atoms with van der Waals surface area (Å²) in [5.74, 6) is 1.14. The maximum atomic E-state index is 12.0. The number of hydrogen-bond donors (Lipinski definition) is 1. The molecule has 3 atom stereocenters. The van der Waals surface area contributed by atoms with Crippen LogP contribution < -0.4 is 0 Å². The molecule has 1 N–H and O–H groups in total. The molecule has 1 amide bonds. The highest BCUT2D eigenvalue weighted by Gasteiger charge is 2.36. The third-order valence-electron chi connectivity index (χ3n) is 8.20. The van der Waals surface area contributed by atoms with Gasteiger partial charge in [-0.1, -0.05) is 0 Å². The van der Waals surface area contributed by atoms with Crippen LogP contribution in [0.1, 0.15) is 50.0 Å². The molecule has 3 unspecified atom stereocenters. The van der Waals surface area contributed by atoms with Crippen molar-refractivity contribution in [1.82, 2.24) is 29.7 Å². The molecule has 6 heterocycles. The number of nitrogens with zero attached hydrogens (tertiary/aromatic N) is 5. The number of piperidine rings is 2. The fourth-order valence-corrected chi connectivity index (χ4v) is 6.60. The molecule has 0 bridgehead atoms. The lowest BCUT2D eigenvalue weighted by Crippen LogP contribution is -2.55. The maximum absolute atomic E-state index is 12.0. The van der Waals surface area contributed by atoms with Gasteiger partial charge < -0.3 is 14.8 Å². The number of hydrogen-bond acceptors (Lipinski definition) is 5. The summed E-state index contributed by atoms with van der Waals surface area (Å²) >= 11 is 0. The molecule has 0 spiro atoms. The average molecular weight is 447 g/mol. The Kier molecular flexibility index (Phi) is 5.76. The van der Waals surface area contributed by atoms with Gasteiger partial charge in [0.2, 0.25) is 6.41 Å². The SMILES string of the molecule is O=CN1CCC(c2cc[nH]c3cnc4nccc4c23)CC1N1CCCC(CN2CCCC2)C1. The predicted molar refractivity (Wildman–Crippen MR) is 130 cm³/mol. The fourth-order valence-electron chi connectivity index (χ4n) is 6.60. The summed E-state index contributed by atoms with van der Waals surface area (Å²) in [5, 5.41) is 2.37. The van der Waals surface area contributed by atoms with Crippen LogP contribution in [-0.4, -0.2) is 81.5 Å². The second-order valence-electron chi connectivity index (χ2n) is 10.2. The molecule has 3 fully saturated rings. The molecule has 3 aliphatic rings. The molecule has 6 rings (SSSR count). The largest absolute Gasteiger partial charge is 0.360 e. The van der Waals surface area contributed by atoms with Crippen LogP contribution >= 0.6 is 0 Å². The molecule has 174 valence electrons. The second kappa shape index (κ2) is 9.03. The average Bonchev–Trinajstić information content (AvgIpc) is 3.55. The third-order valence-corrected chi connectivity index (χ3v) is 8.20. The monoisotopic (exact) mass is 446 g/mol. The molecular formula is C26H34N6O. The standard InChI is InChI=1S/C26H34N6O/c33-18-32-13-7-20(21-5-8-27-23-15-29-26-22(25(21)23)6-9-28-26)14-24(32)31-12-3-4-19(17-31)16-30-10-1-2-11-30/h5-6,8-9,15,18-20,24,27H,1-4,7,10-14,16-17H2. The molecule has 33 heavy (non-hydrogen) atoms. The summed E-state index contributed by atoms with van der Waals surface area (Å²) in [7, 11) is 0. The van der Waals surface area contributed by atoms with Gasteiger partial charge in [0.05, 0.1) is 17.9 Å². The Morgan fingerprint density at radius 2 is 1.97 bits per heavy atom. The van der Waals surface area contributed by atoms with Crippen molar-refractivity contribution in [3.8, 4) is 0 Å². The summed E-state index contributed by atoms with van der Waals surface area (Å²) in [6.45, 7) is 6.79. The van der Waals surface area contributed by atoms with E-state index < -0.39 is 0 Å². The minimum atomic E-state index is 0.192. The summed E-state index contributed by atoms with van der Waals surface area (Å²) < 4.78 is 0. The van der Waals surface area contributed by atoms with Gasteiger partial charge in [-0.25, -0.2) is 9.97 Å². The highest BCUT2D eigenvalue weighted by molar-refractivity contribution is 6.05. The Morgan fingerprint density at radius 1 is 1.06 bits per heavy atom. The summed E-state index contributed by atoms with van der Waals surface area (Å²) in [6, 6.07) is 4.31. The Hall–Kier alpha value is -2.51. The van der Waals surface area contributed by atoms with Crippen molar-refractivity contribution in [2.45, 2.75) is 50.6 Å². The lowest BCUT2D eigenvalue weighted by Gasteiger charge is -2.47. The van der Waals surface area contributed by atoms with Gasteiger partial charge in [0.25, 0.3) is 0 Å². The number of amides is 1. The lowest BCUT2D eigenvalue weighted by atomic mass is 9.84. The molecule has 3 saturated heterocycles. The summed E-state index contributed by atoms with van der Waals surface area (Å²) in [5.41, 5.74) is 3.24. The third kappa shape index (κ3) is 4.02. The van der Waals surface area contributed by atoms with E-state index in [4.69, 9.17) is 0 Å². The zero-order valence-electron chi connectivity index (χ0n) is 19.3.